The second-order valence-corrected chi connectivity index (χ2v) is 5.71. The number of nitrogens with zero attached hydrogens (tertiary/aromatic N) is 1. The van der Waals surface area contributed by atoms with Gasteiger partial charge in [-0.05, 0) is 36.8 Å². The summed E-state index contributed by atoms with van der Waals surface area (Å²) in [6.45, 7) is 2.08. The van der Waals surface area contributed by atoms with Gasteiger partial charge < -0.3 is 4.90 Å². The number of anilines is 1. The van der Waals surface area contributed by atoms with Crippen molar-refractivity contribution < 1.29 is 4.39 Å². The lowest BCUT2D eigenvalue weighted by Gasteiger charge is -2.29. The van der Waals surface area contributed by atoms with Crippen LogP contribution in [0.25, 0.3) is 0 Å². The Morgan fingerprint density at radius 2 is 1.95 bits per heavy atom. The molecule has 0 saturated carbocycles. The Hall–Kier alpha value is -1.06. The molecule has 0 bridgehead atoms. The summed E-state index contributed by atoms with van der Waals surface area (Å²) in [6, 6.07) is 13.0. The molecule has 0 fully saturated rings. The Labute approximate surface area is 132 Å². The third-order valence-corrected chi connectivity index (χ3v) is 4.32. The molecule has 1 atom stereocenters. The number of rotatable bonds is 4. The van der Waals surface area contributed by atoms with Crippen LogP contribution in [0.2, 0.25) is 5.02 Å². The van der Waals surface area contributed by atoms with Gasteiger partial charge in [-0.15, -0.1) is 0 Å². The van der Waals surface area contributed by atoms with E-state index in [9.17, 15) is 4.39 Å². The van der Waals surface area contributed by atoms with Gasteiger partial charge in [0.05, 0.1) is 6.04 Å². The molecular weight excluding hydrogens is 341 g/mol. The maximum atomic E-state index is 13.9. The zero-order valence-electron chi connectivity index (χ0n) is 11.4. The fourth-order valence-corrected chi connectivity index (χ4v) is 2.96. The number of benzene rings is 2. The van der Waals surface area contributed by atoms with Crippen LogP contribution in [0.4, 0.5) is 10.1 Å². The van der Waals surface area contributed by atoms with Gasteiger partial charge in [0.2, 0.25) is 0 Å². The Morgan fingerprint density at radius 1 is 1.25 bits per heavy atom. The minimum atomic E-state index is -0.190. The van der Waals surface area contributed by atoms with Crippen molar-refractivity contribution in [1.82, 2.24) is 0 Å². The first kappa shape index (κ1) is 15.3. The Kier molecular flexibility index (Phi) is 5.06. The summed E-state index contributed by atoms with van der Waals surface area (Å²) in [5, 5.41) is 1.20. The summed E-state index contributed by atoms with van der Waals surface area (Å²) in [5.74, 6) is -0.190. The summed E-state index contributed by atoms with van der Waals surface area (Å²) in [4.78, 5) is 2.06. The highest BCUT2D eigenvalue weighted by atomic mass is 79.9. The van der Waals surface area contributed by atoms with Gasteiger partial charge in [0, 0.05) is 28.7 Å². The molecule has 1 unspecified atom stereocenters. The molecule has 2 rings (SSSR count). The highest BCUT2D eigenvalue weighted by molar-refractivity contribution is 9.08. The van der Waals surface area contributed by atoms with Crippen molar-refractivity contribution in [3.63, 3.8) is 0 Å². The second-order valence-electron chi connectivity index (χ2n) is 4.71. The fraction of sp³-hybridized carbons (Fsp3) is 0.250. The van der Waals surface area contributed by atoms with E-state index in [1.165, 1.54) is 6.07 Å². The van der Waals surface area contributed by atoms with E-state index in [0.717, 1.165) is 11.3 Å². The molecule has 0 heterocycles. The zero-order valence-corrected chi connectivity index (χ0v) is 13.7. The molecule has 2 aromatic carbocycles. The minimum absolute atomic E-state index is 0.105. The third-order valence-electron chi connectivity index (χ3n) is 3.52. The maximum Gasteiger partial charge on any atom is 0.129 e. The first-order chi connectivity index (χ1) is 9.54. The van der Waals surface area contributed by atoms with Crippen molar-refractivity contribution in [2.75, 3.05) is 11.9 Å². The number of alkyl halides is 1. The molecule has 0 aromatic heterocycles. The molecular formula is C16H16BrClFN. The van der Waals surface area contributed by atoms with Crippen LogP contribution in [0.1, 0.15) is 24.1 Å². The molecule has 0 aliphatic carbocycles. The number of hydrogen-bond donors (Lipinski definition) is 0. The van der Waals surface area contributed by atoms with Crippen LogP contribution >= 0.6 is 27.5 Å². The molecule has 0 radical (unpaired) electrons. The second kappa shape index (κ2) is 6.59. The van der Waals surface area contributed by atoms with E-state index in [1.54, 1.807) is 6.07 Å². The lowest BCUT2D eigenvalue weighted by molar-refractivity contribution is 0.614. The Morgan fingerprint density at radius 3 is 2.60 bits per heavy atom. The van der Waals surface area contributed by atoms with E-state index in [2.05, 4.69) is 27.8 Å². The highest BCUT2D eigenvalue weighted by Gasteiger charge is 2.17. The van der Waals surface area contributed by atoms with E-state index < -0.39 is 0 Å². The largest absolute Gasteiger partial charge is 0.367 e. The third kappa shape index (κ3) is 3.15. The monoisotopic (exact) mass is 355 g/mol. The zero-order chi connectivity index (χ0) is 14.7. The molecule has 2 aromatic rings. The Balaban J connectivity index is 2.36. The van der Waals surface area contributed by atoms with Gasteiger partial charge in [0.25, 0.3) is 0 Å². The van der Waals surface area contributed by atoms with Crippen LogP contribution in [-0.4, -0.2) is 7.05 Å². The predicted molar refractivity (Wildman–Crippen MR) is 87.3 cm³/mol. The van der Waals surface area contributed by atoms with Gasteiger partial charge in [-0.1, -0.05) is 45.7 Å². The van der Waals surface area contributed by atoms with Crippen molar-refractivity contribution in [1.29, 1.82) is 0 Å². The molecule has 0 amide bonds. The van der Waals surface area contributed by atoms with Gasteiger partial charge in [0.1, 0.15) is 5.82 Å². The summed E-state index contributed by atoms with van der Waals surface area (Å²) in [6.07, 6.45) is 0. The minimum Gasteiger partial charge on any atom is -0.367 e. The van der Waals surface area contributed by atoms with E-state index in [-0.39, 0.29) is 11.9 Å². The van der Waals surface area contributed by atoms with Gasteiger partial charge in [-0.25, -0.2) is 4.39 Å². The van der Waals surface area contributed by atoms with Crippen LogP contribution in [0.15, 0.2) is 42.5 Å². The fourth-order valence-electron chi connectivity index (χ4n) is 2.21. The normalized spacial score (nSPS) is 12.2. The summed E-state index contributed by atoms with van der Waals surface area (Å²) in [5.41, 5.74) is 2.66. The smallest absolute Gasteiger partial charge is 0.129 e. The first-order valence-electron chi connectivity index (χ1n) is 6.36. The van der Waals surface area contributed by atoms with Crippen LogP contribution in [0.5, 0.6) is 0 Å². The molecule has 4 heteroatoms. The van der Waals surface area contributed by atoms with Crippen molar-refractivity contribution in [2.24, 2.45) is 0 Å². The molecule has 0 aliphatic rings. The molecule has 20 heavy (non-hydrogen) atoms. The molecule has 0 aliphatic heterocycles. The molecule has 106 valence electrons. The van der Waals surface area contributed by atoms with Crippen molar-refractivity contribution in [3.05, 3.63) is 64.4 Å². The lowest BCUT2D eigenvalue weighted by Crippen LogP contribution is -2.23. The predicted octanol–water partition coefficient (Wildman–Crippen LogP) is 5.57. The molecule has 0 N–H and O–H groups in total. The molecule has 0 spiro atoms. The SMILES string of the molecule is CC(c1cccc(Cl)c1)N(C)c1cccc(F)c1CBr. The average molecular weight is 357 g/mol. The van der Waals surface area contributed by atoms with Crippen LogP contribution in [0.3, 0.4) is 0 Å². The van der Waals surface area contributed by atoms with Crippen molar-refractivity contribution in [2.45, 2.75) is 18.3 Å². The van der Waals surface area contributed by atoms with E-state index in [0.29, 0.717) is 15.9 Å². The quantitative estimate of drug-likeness (QED) is 0.647. The Bertz CT molecular complexity index is 603. The standard InChI is InChI=1S/C16H16BrClFN/c1-11(12-5-3-6-13(18)9-12)20(2)16-8-4-7-15(19)14(16)10-17/h3-9,11H,10H2,1-2H3. The average Bonchev–Trinajstić information content (AvgIpc) is 2.45. The van der Waals surface area contributed by atoms with Gasteiger partial charge in [-0.2, -0.15) is 0 Å². The highest BCUT2D eigenvalue weighted by Crippen LogP contribution is 2.31. The van der Waals surface area contributed by atoms with Crippen molar-refractivity contribution >= 4 is 33.2 Å². The van der Waals surface area contributed by atoms with Crippen LogP contribution < -0.4 is 4.90 Å². The summed E-state index contributed by atoms with van der Waals surface area (Å²) < 4.78 is 13.9. The lowest BCUT2D eigenvalue weighted by atomic mass is 10.1. The van der Waals surface area contributed by atoms with Crippen LogP contribution in [0, 0.1) is 5.82 Å². The molecule has 1 nitrogen and oxygen atoms in total. The van der Waals surface area contributed by atoms with E-state index >= 15 is 0 Å². The van der Waals surface area contributed by atoms with Gasteiger partial charge in [-0.3, -0.25) is 0 Å². The summed E-state index contributed by atoms with van der Waals surface area (Å²) in [7, 11) is 1.96. The van der Waals surface area contributed by atoms with E-state index in [4.69, 9.17) is 11.6 Å². The molecule has 0 saturated heterocycles. The number of halogens is 3. The van der Waals surface area contributed by atoms with Crippen LogP contribution in [-0.2, 0) is 5.33 Å². The maximum absolute atomic E-state index is 13.9. The van der Waals surface area contributed by atoms with Crippen molar-refractivity contribution in [3.8, 4) is 0 Å². The van der Waals surface area contributed by atoms with Gasteiger partial charge >= 0.3 is 0 Å². The number of hydrogen-bond acceptors (Lipinski definition) is 1. The topological polar surface area (TPSA) is 3.24 Å². The van der Waals surface area contributed by atoms with E-state index in [1.807, 2.05) is 37.4 Å². The first-order valence-corrected chi connectivity index (χ1v) is 7.86. The van der Waals surface area contributed by atoms with Gasteiger partial charge in [0.15, 0.2) is 0 Å². The summed E-state index contributed by atoms with van der Waals surface area (Å²) >= 11 is 9.39.